The molecule has 0 spiro atoms. The maximum absolute atomic E-state index is 10.1. The molecular formula is C27H20O28. The smallest absolute Gasteiger partial charge is 0.550 e. The molecule has 28 nitrogen and oxygen atoms in total. The first-order chi connectivity index (χ1) is 23.1. The summed E-state index contributed by atoms with van der Waals surface area (Å²) in [6, 6.07) is 0. The zero-order valence-corrected chi connectivity index (χ0v) is 26.7. The number of carboxylic acid groups (broad SMARTS) is 12. The Morgan fingerprint density at radius 3 is 0.364 bits per heavy atom. The van der Waals surface area contributed by atoms with E-state index in [0.29, 0.717) is 0 Å². The van der Waals surface area contributed by atoms with Crippen molar-refractivity contribution in [2.45, 2.75) is 73.8 Å². The number of carbonyl (C=O) groups is 12. The molecule has 0 atom stereocenters. The van der Waals surface area contributed by atoms with Gasteiger partial charge in [-0.05, 0) is 0 Å². The fourth-order valence-corrected chi connectivity index (χ4v) is 2.74. The molecule has 0 rings (SSSR count). The number of aliphatic hydroxyl groups is 4. The fraction of sp³-hybridized carbons (Fsp3) is 0.444. The Hall–Kier alpha value is -6.52. The van der Waals surface area contributed by atoms with Crippen LogP contribution in [0.2, 0.25) is 0 Å². The molecule has 296 valence electrons. The average molecular weight is 792 g/mol. The molecule has 4 N–H and O–H groups in total. The van der Waals surface area contributed by atoms with Gasteiger partial charge in [0, 0.05) is 99.1 Å². The van der Waals surface area contributed by atoms with Crippen molar-refractivity contribution < 1.29 is 139 Å². The number of hydrogen-bond donors (Lipinski definition) is 4. The quantitative estimate of drug-likeness (QED) is 0.0889. The SMILES string of the molecule is O=C([O-])CC(O)(CC(=O)[O-])C(=O)[O-].O=C([O-])CC(O)(CC(=O)[O-])C(=O)[O-].O=C([O-])CC(O)(CC(=O)[O-])C(=O)[O-].O=C([O-])CC(O)(CC(=O)[O-])C(=O)[O-].[C+4].[C+4].[C+4]. The van der Waals surface area contributed by atoms with Crippen LogP contribution < -0.4 is 61.3 Å². The van der Waals surface area contributed by atoms with Crippen LogP contribution in [0.4, 0.5) is 0 Å². The van der Waals surface area contributed by atoms with E-state index in [9.17, 15) is 119 Å². The van der Waals surface area contributed by atoms with Gasteiger partial charge in [-0.2, -0.15) is 0 Å². The van der Waals surface area contributed by atoms with Gasteiger partial charge in [-0.15, -0.1) is 0 Å². The summed E-state index contributed by atoms with van der Waals surface area (Å²) in [6.45, 7) is 0. The minimum Gasteiger partial charge on any atom is -0.550 e. The van der Waals surface area contributed by atoms with Crippen LogP contribution in [0, 0.1) is 22.3 Å². The number of rotatable bonds is 20. The third-order valence-corrected chi connectivity index (χ3v) is 5.01. The van der Waals surface area contributed by atoms with Gasteiger partial charge in [-0.1, -0.05) is 0 Å². The largest absolute Gasteiger partial charge is 4.00 e. The predicted molar refractivity (Wildman–Crippen MR) is 127 cm³/mol. The van der Waals surface area contributed by atoms with Crippen molar-refractivity contribution in [3.05, 3.63) is 22.3 Å². The molecular weight excluding hydrogens is 772 g/mol. The Morgan fingerprint density at radius 1 is 0.255 bits per heavy atom. The van der Waals surface area contributed by atoms with E-state index in [0.717, 1.165) is 0 Å². The van der Waals surface area contributed by atoms with Crippen molar-refractivity contribution in [1.29, 1.82) is 0 Å². The first-order valence-electron chi connectivity index (χ1n) is 12.5. The maximum Gasteiger partial charge on any atom is 4.00 e. The zero-order chi connectivity index (χ0) is 42.6. The van der Waals surface area contributed by atoms with Crippen LogP contribution >= 0.6 is 0 Å². The van der Waals surface area contributed by atoms with E-state index in [4.69, 9.17) is 20.4 Å². The van der Waals surface area contributed by atoms with Gasteiger partial charge in [0.2, 0.25) is 0 Å². The molecule has 0 bridgehead atoms. The zero-order valence-electron chi connectivity index (χ0n) is 26.7. The number of aliphatic carboxylic acids is 12. The van der Waals surface area contributed by atoms with Crippen molar-refractivity contribution in [3.63, 3.8) is 0 Å². The van der Waals surface area contributed by atoms with Crippen molar-refractivity contribution >= 4 is 71.6 Å². The van der Waals surface area contributed by atoms with E-state index in [-0.39, 0.29) is 22.3 Å². The molecule has 0 aliphatic carbocycles. The molecule has 28 heteroatoms. The first kappa shape index (κ1) is 63.5. The Labute approximate surface area is 307 Å². The summed E-state index contributed by atoms with van der Waals surface area (Å²) in [6.07, 6.45) is -10.9. The Balaban J connectivity index is -0.000000110. The predicted octanol–water partition coefficient (Wildman–Crippen LogP) is -20.8. The van der Waals surface area contributed by atoms with Crippen LogP contribution in [0.25, 0.3) is 0 Å². The van der Waals surface area contributed by atoms with Crippen molar-refractivity contribution in [2.24, 2.45) is 0 Å². The van der Waals surface area contributed by atoms with Gasteiger partial charge >= 0.3 is 22.3 Å². The van der Waals surface area contributed by atoms with Gasteiger partial charge in [-0.25, -0.2) is 0 Å². The number of hydrogen-bond acceptors (Lipinski definition) is 28. The van der Waals surface area contributed by atoms with Crippen molar-refractivity contribution in [3.8, 4) is 0 Å². The van der Waals surface area contributed by atoms with Crippen LogP contribution in [0.3, 0.4) is 0 Å². The van der Waals surface area contributed by atoms with E-state index in [1.165, 1.54) is 0 Å². The molecule has 0 unspecified atom stereocenters. The van der Waals surface area contributed by atoms with Crippen LogP contribution in [0.1, 0.15) is 51.4 Å². The molecule has 0 amide bonds. The minimum atomic E-state index is -2.97. The van der Waals surface area contributed by atoms with Gasteiger partial charge in [0.1, 0.15) is 22.4 Å². The van der Waals surface area contributed by atoms with Gasteiger partial charge in [0.05, 0.1) is 23.9 Å². The summed E-state index contributed by atoms with van der Waals surface area (Å²) < 4.78 is 0. The molecule has 0 aromatic rings. The van der Waals surface area contributed by atoms with Crippen LogP contribution in [0.15, 0.2) is 0 Å². The molecule has 55 heavy (non-hydrogen) atoms. The molecule has 0 saturated carbocycles. The topological polar surface area (TPSA) is 562 Å². The summed E-state index contributed by atoms with van der Waals surface area (Å²) in [7, 11) is 0. The third-order valence-electron chi connectivity index (χ3n) is 5.01. The number of carbonyl (C=O) groups excluding carboxylic acids is 12. The molecule has 0 aromatic carbocycles. The van der Waals surface area contributed by atoms with Crippen molar-refractivity contribution in [1.82, 2.24) is 0 Å². The summed E-state index contributed by atoms with van der Waals surface area (Å²) in [5, 5.41) is 156. The minimum absolute atomic E-state index is 0. The fourth-order valence-electron chi connectivity index (χ4n) is 2.74. The van der Waals surface area contributed by atoms with Crippen LogP contribution in [0.5, 0.6) is 0 Å². The molecule has 0 radical (unpaired) electrons. The van der Waals surface area contributed by atoms with Crippen LogP contribution in [-0.4, -0.2) is 114 Å². The molecule has 0 aromatic heterocycles. The molecule has 0 aliphatic rings. The summed E-state index contributed by atoms with van der Waals surface area (Å²) in [5.41, 5.74) is -11.9. The summed E-state index contributed by atoms with van der Waals surface area (Å²) >= 11 is 0. The van der Waals surface area contributed by atoms with Gasteiger partial charge < -0.3 is 139 Å². The van der Waals surface area contributed by atoms with E-state index in [1.807, 2.05) is 0 Å². The monoisotopic (exact) mass is 792 g/mol. The normalized spacial score (nSPS) is 10.3. The second kappa shape index (κ2) is 27.1. The van der Waals surface area contributed by atoms with E-state index in [2.05, 4.69) is 0 Å². The first-order valence-corrected chi connectivity index (χ1v) is 12.5. The van der Waals surface area contributed by atoms with Crippen molar-refractivity contribution in [2.75, 3.05) is 0 Å². The standard InChI is InChI=1S/4C6H8O7.3C/c4*7-3(8)1-6(13,5(11)12)2-4(9)10;;;/h4*13H,1-2H2,(H,7,8)(H,9,10)(H,11,12);;;/q;;;;3*+4/p-12. The van der Waals surface area contributed by atoms with Gasteiger partial charge in [0.25, 0.3) is 0 Å². The van der Waals surface area contributed by atoms with E-state index >= 15 is 0 Å². The molecule has 0 aliphatic heterocycles. The Morgan fingerprint density at radius 2 is 0.327 bits per heavy atom. The summed E-state index contributed by atoms with van der Waals surface area (Å²) in [4.78, 5) is 120. The van der Waals surface area contributed by atoms with E-state index < -0.39 is 145 Å². The van der Waals surface area contributed by atoms with Gasteiger partial charge in [-0.3, -0.25) is 0 Å². The molecule has 0 heterocycles. The Kier molecular flexibility index (Phi) is 31.3. The maximum atomic E-state index is 10.1. The number of carboxylic acids is 12. The second-order valence-corrected chi connectivity index (χ2v) is 9.67. The van der Waals surface area contributed by atoms with E-state index in [1.54, 1.807) is 0 Å². The summed E-state index contributed by atoms with van der Waals surface area (Å²) in [5.74, 6) is -23.9. The Bertz CT molecular complexity index is 1120. The average Bonchev–Trinajstić information content (AvgIpc) is 2.85. The van der Waals surface area contributed by atoms with Crippen LogP contribution in [-0.2, 0) is 57.5 Å². The van der Waals surface area contributed by atoms with Gasteiger partial charge in [0.15, 0.2) is 0 Å². The second-order valence-electron chi connectivity index (χ2n) is 9.67. The third kappa shape index (κ3) is 29.7. The molecule has 0 fully saturated rings. The molecule has 0 saturated heterocycles.